The molecule has 0 fully saturated rings. The van der Waals surface area contributed by atoms with E-state index in [1.165, 1.54) is 6.20 Å². The highest BCUT2D eigenvalue weighted by Crippen LogP contribution is 2.23. The van der Waals surface area contributed by atoms with E-state index < -0.39 is 0 Å². The standard InChI is InChI=1S/C11H13ClN4OS/c1-3-7-11(12)8(16(4-2)14-7)5-9(17)10-6-13-15-18-10/h6H,3-5H2,1-2H3. The predicted octanol–water partition coefficient (Wildman–Crippen LogP) is 2.40. The van der Waals surface area contributed by atoms with Crippen molar-refractivity contribution in [3.8, 4) is 0 Å². The van der Waals surface area contributed by atoms with Crippen LogP contribution in [0.1, 0.15) is 34.9 Å². The molecule has 0 saturated heterocycles. The van der Waals surface area contributed by atoms with Gasteiger partial charge >= 0.3 is 0 Å². The fourth-order valence-corrected chi connectivity index (χ4v) is 2.50. The summed E-state index contributed by atoms with van der Waals surface area (Å²) in [7, 11) is 0. The van der Waals surface area contributed by atoms with Gasteiger partial charge in [0, 0.05) is 6.54 Å². The number of halogens is 1. The van der Waals surface area contributed by atoms with E-state index in [1.54, 1.807) is 4.68 Å². The number of carbonyl (C=O) groups excluding carboxylic acids is 1. The van der Waals surface area contributed by atoms with Crippen LogP contribution in [0, 0.1) is 0 Å². The molecule has 0 bridgehead atoms. The number of carbonyl (C=O) groups is 1. The Bertz CT molecular complexity index is 550. The average molecular weight is 285 g/mol. The number of aryl methyl sites for hydroxylation is 2. The van der Waals surface area contributed by atoms with E-state index in [0.717, 1.165) is 29.3 Å². The highest BCUT2D eigenvalue weighted by molar-refractivity contribution is 7.07. The van der Waals surface area contributed by atoms with Gasteiger partial charge < -0.3 is 0 Å². The van der Waals surface area contributed by atoms with Gasteiger partial charge in [-0.15, -0.1) is 5.10 Å². The van der Waals surface area contributed by atoms with Crippen LogP contribution in [-0.2, 0) is 19.4 Å². The molecule has 96 valence electrons. The Morgan fingerprint density at radius 2 is 2.28 bits per heavy atom. The molecule has 2 rings (SSSR count). The minimum absolute atomic E-state index is 0.0239. The van der Waals surface area contributed by atoms with Crippen molar-refractivity contribution in [1.29, 1.82) is 0 Å². The molecular weight excluding hydrogens is 272 g/mol. The minimum atomic E-state index is -0.0239. The molecule has 5 nitrogen and oxygen atoms in total. The number of aromatic nitrogens is 4. The molecule has 0 aliphatic heterocycles. The molecular formula is C11H13ClN4OS. The number of hydrogen-bond donors (Lipinski definition) is 0. The van der Waals surface area contributed by atoms with E-state index in [-0.39, 0.29) is 12.2 Å². The molecule has 0 N–H and O–H groups in total. The molecule has 0 aromatic carbocycles. The van der Waals surface area contributed by atoms with Crippen molar-refractivity contribution in [3.05, 3.63) is 27.5 Å². The molecule has 0 spiro atoms. The lowest BCUT2D eigenvalue weighted by atomic mass is 10.2. The Morgan fingerprint density at radius 1 is 1.50 bits per heavy atom. The fraction of sp³-hybridized carbons (Fsp3) is 0.455. The molecule has 0 saturated carbocycles. The van der Waals surface area contributed by atoms with Gasteiger partial charge in [0.15, 0.2) is 5.78 Å². The summed E-state index contributed by atoms with van der Waals surface area (Å²) in [4.78, 5) is 12.6. The van der Waals surface area contributed by atoms with Crippen molar-refractivity contribution >= 4 is 28.9 Å². The van der Waals surface area contributed by atoms with Gasteiger partial charge in [-0.1, -0.05) is 23.0 Å². The first-order chi connectivity index (χ1) is 8.67. The predicted molar refractivity (Wildman–Crippen MR) is 70.2 cm³/mol. The third-order valence-electron chi connectivity index (χ3n) is 2.66. The zero-order chi connectivity index (χ0) is 13.1. The van der Waals surface area contributed by atoms with Crippen LogP contribution >= 0.6 is 23.1 Å². The molecule has 0 atom stereocenters. The van der Waals surface area contributed by atoms with Crippen LogP contribution in [-0.4, -0.2) is 25.2 Å². The zero-order valence-electron chi connectivity index (χ0n) is 10.2. The minimum Gasteiger partial charge on any atom is -0.293 e. The second kappa shape index (κ2) is 5.58. The summed E-state index contributed by atoms with van der Waals surface area (Å²) in [5, 5.41) is 8.65. The Labute approximate surface area is 114 Å². The van der Waals surface area contributed by atoms with Gasteiger partial charge in [-0.05, 0) is 24.9 Å². The van der Waals surface area contributed by atoms with E-state index in [1.807, 2.05) is 13.8 Å². The Balaban J connectivity index is 2.28. The van der Waals surface area contributed by atoms with Crippen LogP contribution in [0.25, 0.3) is 0 Å². The van der Waals surface area contributed by atoms with Crippen LogP contribution in [0.15, 0.2) is 6.20 Å². The molecule has 0 aliphatic rings. The quantitative estimate of drug-likeness (QED) is 0.791. The number of rotatable bonds is 5. The van der Waals surface area contributed by atoms with Crippen molar-refractivity contribution in [3.63, 3.8) is 0 Å². The fourth-order valence-electron chi connectivity index (χ4n) is 1.72. The van der Waals surface area contributed by atoms with Gasteiger partial charge in [0.25, 0.3) is 0 Å². The maximum absolute atomic E-state index is 12.0. The van der Waals surface area contributed by atoms with Gasteiger partial charge in [0.1, 0.15) is 4.88 Å². The van der Waals surface area contributed by atoms with Crippen molar-refractivity contribution in [2.24, 2.45) is 0 Å². The lowest BCUT2D eigenvalue weighted by Gasteiger charge is -2.03. The van der Waals surface area contributed by atoms with E-state index in [2.05, 4.69) is 14.7 Å². The molecule has 0 aliphatic carbocycles. The Hall–Kier alpha value is -1.27. The van der Waals surface area contributed by atoms with Gasteiger partial charge in [0.05, 0.1) is 29.0 Å². The van der Waals surface area contributed by atoms with Crippen molar-refractivity contribution in [1.82, 2.24) is 19.4 Å². The first-order valence-electron chi connectivity index (χ1n) is 5.71. The number of nitrogens with zero attached hydrogens (tertiary/aromatic N) is 4. The molecule has 2 heterocycles. The topological polar surface area (TPSA) is 60.7 Å². The van der Waals surface area contributed by atoms with E-state index in [0.29, 0.717) is 16.4 Å². The molecule has 2 aromatic heterocycles. The lowest BCUT2D eigenvalue weighted by molar-refractivity contribution is 0.0994. The van der Waals surface area contributed by atoms with Crippen LogP contribution in [0.4, 0.5) is 0 Å². The van der Waals surface area contributed by atoms with Crippen molar-refractivity contribution in [2.45, 2.75) is 33.2 Å². The maximum atomic E-state index is 12.0. The second-order valence-corrected chi connectivity index (χ2v) is 4.92. The second-order valence-electron chi connectivity index (χ2n) is 3.76. The molecule has 2 aromatic rings. The van der Waals surface area contributed by atoms with Gasteiger partial charge in [-0.25, -0.2) is 0 Å². The average Bonchev–Trinajstić information content (AvgIpc) is 2.99. The molecule has 0 unspecified atom stereocenters. The first-order valence-corrected chi connectivity index (χ1v) is 6.87. The lowest BCUT2D eigenvalue weighted by Crippen LogP contribution is -2.09. The molecule has 0 amide bonds. The highest BCUT2D eigenvalue weighted by atomic mass is 35.5. The summed E-state index contributed by atoms with van der Waals surface area (Å²) < 4.78 is 5.47. The maximum Gasteiger partial charge on any atom is 0.182 e. The highest BCUT2D eigenvalue weighted by Gasteiger charge is 2.19. The number of Topliss-reactive ketones (excluding diaryl/α,β-unsaturated/α-hetero) is 1. The number of ketones is 1. The summed E-state index contributed by atoms with van der Waals surface area (Å²) in [5.74, 6) is -0.0239. The van der Waals surface area contributed by atoms with E-state index in [9.17, 15) is 4.79 Å². The van der Waals surface area contributed by atoms with Gasteiger partial charge in [0.2, 0.25) is 0 Å². The van der Waals surface area contributed by atoms with Crippen LogP contribution < -0.4 is 0 Å². The van der Waals surface area contributed by atoms with Crippen LogP contribution in [0.2, 0.25) is 5.02 Å². The summed E-state index contributed by atoms with van der Waals surface area (Å²) in [6.07, 6.45) is 2.48. The Kier molecular flexibility index (Phi) is 4.08. The molecule has 7 heteroatoms. The first kappa shape index (κ1) is 13.2. The third kappa shape index (κ3) is 2.44. The SMILES string of the molecule is CCc1nn(CC)c(CC(=O)c2cnns2)c1Cl. The van der Waals surface area contributed by atoms with E-state index in [4.69, 9.17) is 11.6 Å². The van der Waals surface area contributed by atoms with Crippen LogP contribution in [0.5, 0.6) is 0 Å². The molecule has 0 radical (unpaired) electrons. The molecule has 18 heavy (non-hydrogen) atoms. The smallest absolute Gasteiger partial charge is 0.182 e. The Morgan fingerprint density at radius 3 is 2.83 bits per heavy atom. The monoisotopic (exact) mass is 284 g/mol. The summed E-state index contributed by atoms with van der Waals surface area (Å²) in [6.45, 7) is 4.67. The van der Waals surface area contributed by atoms with Gasteiger partial charge in [-0.3, -0.25) is 9.48 Å². The van der Waals surface area contributed by atoms with E-state index >= 15 is 0 Å². The van der Waals surface area contributed by atoms with Gasteiger partial charge in [-0.2, -0.15) is 5.10 Å². The third-order valence-corrected chi connectivity index (χ3v) is 3.80. The summed E-state index contributed by atoms with van der Waals surface area (Å²) >= 11 is 7.35. The zero-order valence-corrected chi connectivity index (χ0v) is 11.8. The summed E-state index contributed by atoms with van der Waals surface area (Å²) in [5.41, 5.74) is 1.61. The normalized spacial score (nSPS) is 10.8. The summed E-state index contributed by atoms with van der Waals surface area (Å²) in [6, 6.07) is 0. The van der Waals surface area contributed by atoms with Crippen molar-refractivity contribution in [2.75, 3.05) is 0 Å². The van der Waals surface area contributed by atoms with Crippen molar-refractivity contribution < 1.29 is 4.79 Å². The largest absolute Gasteiger partial charge is 0.293 e. The number of hydrogen-bond acceptors (Lipinski definition) is 5. The van der Waals surface area contributed by atoms with Crippen LogP contribution in [0.3, 0.4) is 0 Å².